The van der Waals surface area contributed by atoms with Crippen LogP contribution in [0.3, 0.4) is 0 Å². The molecule has 0 aliphatic heterocycles. The van der Waals surface area contributed by atoms with E-state index >= 15 is 0 Å². The molecule has 5 heteroatoms. The first kappa shape index (κ1) is 14.2. The van der Waals surface area contributed by atoms with E-state index in [1.807, 2.05) is 0 Å². The van der Waals surface area contributed by atoms with E-state index in [1.165, 1.54) is 7.11 Å². The Morgan fingerprint density at radius 1 is 1.30 bits per heavy atom. The van der Waals surface area contributed by atoms with Crippen LogP contribution in [-0.4, -0.2) is 18.1 Å². The molecule has 0 radical (unpaired) electrons. The highest BCUT2D eigenvalue weighted by atomic mass is 35.5. The zero-order valence-corrected chi connectivity index (χ0v) is 11.6. The molecule has 0 bridgehead atoms. The Labute approximate surface area is 122 Å². The Hall–Kier alpha value is -2.20. The zero-order chi connectivity index (χ0) is 14.5. The van der Waals surface area contributed by atoms with E-state index in [4.69, 9.17) is 16.3 Å². The summed E-state index contributed by atoms with van der Waals surface area (Å²) < 4.78 is 5.08. The predicted octanol–water partition coefficient (Wildman–Crippen LogP) is 3.24. The minimum atomic E-state index is -0.262. The first-order valence-corrected chi connectivity index (χ1v) is 6.38. The van der Waals surface area contributed by atoms with Gasteiger partial charge in [-0.1, -0.05) is 29.8 Å². The highest BCUT2D eigenvalue weighted by Gasteiger charge is 2.10. The fraction of sp³-hybridized carbons (Fsp3) is 0.133. The van der Waals surface area contributed by atoms with Crippen molar-refractivity contribution in [3.05, 3.63) is 53.1 Å². The highest BCUT2D eigenvalue weighted by molar-refractivity contribution is 6.33. The topological polar surface area (TPSA) is 58.6 Å². The molecule has 0 saturated carbocycles. The standard InChI is InChI=1S/C15H14ClNO3/c1-20-11-6-7-12(16)13(9-11)17-15(19)8-10-4-2-3-5-14(10)18/h2-7,9,18H,8H2,1H3,(H,17,19). The number of rotatable bonds is 4. The number of para-hydroxylation sites is 1. The number of aromatic hydroxyl groups is 1. The van der Waals surface area contributed by atoms with Crippen LogP contribution in [0.4, 0.5) is 5.69 Å². The van der Waals surface area contributed by atoms with Crippen molar-refractivity contribution in [2.24, 2.45) is 0 Å². The number of phenols is 1. The molecule has 2 rings (SSSR count). The summed E-state index contributed by atoms with van der Waals surface area (Å²) in [5.41, 5.74) is 1.04. The van der Waals surface area contributed by atoms with Crippen molar-refractivity contribution in [1.29, 1.82) is 0 Å². The second-order valence-electron chi connectivity index (χ2n) is 4.20. The Morgan fingerprint density at radius 2 is 2.05 bits per heavy atom. The van der Waals surface area contributed by atoms with Crippen LogP contribution in [0.15, 0.2) is 42.5 Å². The molecule has 4 nitrogen and oxygen atoms in total. The molecule has 20 heavy (non-hydrogen) atoms. The first-order chi connectivity index (χ1) is 9.60. The summed E-state index contributed by atoms with van der Waals surface area (Å²) in [7, 11) is 1.54. The van der Waals surface area contributed by atoms with Crippen molar-refractivity contribution in [3.8, 4) is 11.5 Å². The maximum absolute atomic E-state index is 12.0. The largest absolute Gasteiger partial charge is 0.508 e. The molecule has 2 N–H and O–H groups in total. The number of phenolic OH excluding ortho intramolecular Hbond substituents is 1. The van der Waals surface area contributed by atoms with Crippen LogP contribution in [0.1, 0.15) is 5.56 Å². The van der Waals surface area contributed by atoms with Crippen LogP contribution in [0.25, 0.3) is 0 Å². The average Bonchev–Trinajstić information content (AvgIpc) is 2.44. The molecule has 0 fully saturated rings. The van der Waals surface area contributed by atoms with Gasteiger partial charge in [0.2, 0.25) is 5.91 Å². The lowest BCUT2D eigenvalue weighted by Gasteiger charge is -2.09. The zero-order valence-electron chi connectivity index (χ0n) is 10.9. The number of hydrogen-bond donors (Lipinski definition) is 2. The second-order valence-corrected chi connectivity index (χ2v) is 4.61. The maximum Gasteiger partial charge on any atom is 0.228 e. The molecule has 0 atom stereocenters. The normalized spacial score (nSPS) is 10.1. The number of nitrogens with one attached hydrogen (secondary N) is 1. The number of methoxy groups -OCH3 is 1. The SMILES string of the molecule is COc1ccc(Cl)c(NC(=O)Cc2ccccc2O)c1. The highest BCUT2D eigenvalue weighted by Crippen LogP contribution is 2.27. The molecule has 0 unspecified atom stereocenters. The summed E-state index contributed by atoms with van der Waals surface area (Å²) in [6, 6.07) is 11.7. The van der Waals surface area contributed by atoms with Crippen molar-refractivity contribution in [2.45, 2.75) is 6.42 Å². The molecule has 0 heterocycles. The molecule has 0 aliphatic carbocycles. The van der Waals surface area contributed by atoms with Crippen LogP contribution in [0.5, 0.6) is 11.5 Å². The third kappa shape index (κ3) is 3.42. The van der Waals surface area contributed by atoms with E-state index in [0.717, 1.165) is 0 Å². The lowest BCUT2D eigenvalue weighted by atomic mass is 10.1. The van der Waals surface area contributed by atoms with Crippen LogP contribution in [0.2, 0.25) is 5.02 Å². The lowest BCUT2D eigenvalue weighted by molar-refractivity contribution is -0.115. The average molecular weight is 292 g/mol. The van der Waals surface area contributed by atoms with E-state index in [2.05, 4.69) is 5.32 Å². The molecule has 104 valence electrons. The van der Waals surface area contributed by atoms with E-state index in [9.17, 15) is 9.90 Å². The fourth-order valence-corrected chi connectivity index (χ4v) is 1.92. The maximum atomic E-state index is 12.0. The molecule has 1 amide bonds. The summed E-state index contributed by atoms with van der Waals surface area (Å²) in [4.78, 5) is 12.0. The van der Waals surface area contributed by atoms with E-state index in [0.29, 0.717) is 22.0 Å². The molecular formula is C15H14ClNO3. The van der Waals surface area contributed by atoms with E-state index in [1.54, 1.807) is 42.5 Å². The Kier molecular flexibility index (Phi) is 4.48. The van der Waals surface area contributed by atoms with Crippen molar-refractivity contribution in [3.63, 3.8) is 0 Å². The molecule has 0 aromatic heterocycles. The number of halogens is 1. The summed E-state index contributed by atoms with van der Waals surface area (Å²) >= 11 is 6.01. The first-order valence-electron chi connectivity index (χ1n) is 6.00. The predicted molar refractivity (Wildman–Crippen MR) is 78.4 cm³/mol. The quantitative estimate of drug-likeness (QED) is 0.909. The van der Waals surface area contributed by atoms with Gasteiger partial charge in [-0.15, -0.1) is 0 Å². The van der Waals surface area contributed by atoms with Crippen molar-refractivity contribution in [2.75, 3.05) is 12.4 Å². The number of ether oxygens (including phenoxy) is 1. The molecule has 2 aromatic rings. The number of carbonyl (C=O) groups is 1. The number of hydrogen-bond acceptors (Lipinski definition) is 3. The Bertz CT molecular complexity index is 628. The van der Waals surface area contributed by atoms with Gasteiger partial charge < -0.3 is 15.2 Å². The van der Waals surface area contributed by atoms with Gasteiger partial charge in [-0.3, -0.25) is 4.79 Å². The van der Waals surface area contributed by atoms with Gasteiger partial charge in [0.1, 0.15) is 11.5 Å². The van der Waals surface area contributed by atoms with Gasteiger partial charge in [0.25, 0.3) is 0 Å². The van der Waals surface area contributed by atoms with E-state index in [-0.39, 0.29) is 18.1 Å². The molecule has 0 aliphatic rings. The third-order valence-corrected chi connectivity index (χ3v) is 3.12. The number of amides is 1. The van der Waals surface area contributed by atoms with Gasteiger partial charge >= 0.3 is 0 Å². The monoisotopic (exact) mass is 291 g/mol. The van der Waals surface area contributed by atoms with Crippen LogP contribution in [0, 0.1) is 0 Å². The third-order valence-electron chi connectivity index (χ3n) is 2.79. The van der Waals surface area contributed by atoms with Gasteiger partial charge in [0.05, 0.1) is 24.2 Å². The Balaban J connectivity index is 2.10. The van der Waals surface area contributed by atoms with Crippen LogP contribution in [-0.2, 0) is 11.2 Å². The lowest BCUT2D eigenvalue weighted by Crippen LogP contribution is -2.14. The molecule has 0 saturated heterocycles. The van der Waals surface area contributed by atoms with Crippen molar-refractivity contribution in [1.82, 2.24) is 0 Å². The number of carbonyl (C=O) groups excluding carboxylic acids is 1. The van der Waals surface area contributed by atoms with Crippen molar-refractivity contribution < 1.29 is 14.6 Å². The minimum absolute atomic E-state index is 0.0697. The molecule has 2 aromatic carbocycles. The van der Waals surface area contributed by atoms with Gasteiger partial charge in [-0.05, 0) is 18.2 Å². The fourth-order valence-electron chi connectivity index (χ4n) is 1.75. The van der Waals surface area contributed by atoms with E-state index < -0.39 is 0 Å². The second kappa shape index (κ2) is 6.30. The summed E-state index contributed by atoms with van der Waals surface area (Å²) in [5.74, 6) is 0.438. The number of anilines is 1. The number of benzene rings is 2. The molecule has 0 spiro atoms. The Morgan fingerprint density at radius 3 is 2.75 bits per heavy atom. The van der Waals surface area contributed by atoms with Crippen molar-refractivity contribution >= 4 is 23.2 Å². The smallest absolute Gasteiger partial charge is 0.228 e. The summed E-state index contributed by atoms with van der Waals surface area (Å²) in [6.07, 6.45) is 0.0697. The van der Waals surface area contributed by atoms with Crippen LogP contribution >= 0.6 is 11.6 Å². The van der Waals surface area contributed by atoms with Crippen LogP contribution < -0.4 is 10.1 Å². The van der Waals surface area contributed by atoms with Gasteiger partial charge in [0, 0.05) is 11.6 Å². The summed E-state index contributed by atoms with van der Waals surface area (Å²) in [6.45, 7) is 0. The van der Waals surface area contributed by atoms with Gasteiger partial charge in [-0.25, -0.2) is 0 Å². The van der Waals surface area contributed by atoms with Gasteiger partial charge in [0.15, 0.2) is 0 Å². The molecular weight excluding hydrogens is 278 g/mol. The summed E-state index contributed by atoms with van der Waals surface area (Å²) in [5, 5.41) is 12.8. The van der Waals surface area contributed by atoms with Gasteiger partial charge in [-0.2, -0.15) is 0 Å². The minimum Gasteiger partial charge on any atom is -0.508 e.